The van der Waals surface area contributed by atoms with Crippen molar-refractivity contribution < 1.29 is 24.2 Å². The van der Waals surface area contributed by atoms with Gasteiger partial charge < -0.3 is 19.5 Å². The third kappa shape index (κ3) is 32.5. The minimum Gasteiger partial charge on any atom is -0.465 e. The Morgan fingerprint density at radius 1 is 0.473 bits per heavy atom. The molecule has 0 saturated heterocycles. The van der Waals surface area contributed by atoms with Gasteiger partial charge in [0.25, 0.3) is 0 Å². The molecule has 6 heteroatoms. The normalized spacial score (nSPS) is 12.3. The van der Waals surface area contributed by atoms with Crippen LogP contribution in [0.2, 0.25) is 0 Å². The van der Waals surface area contributed by atoms with Crippen LogP contribution in [0.15, 0.2) is 0 Å². The van der Waals surface area contributed by atoms with Gasteiger partial charge in [0.1, 0.15) is 6.10 Å². The van der Waals surface area contributed by atoms with Crippen molar-refractivity contribution in [1.82, 2.24) is 4.90 Å². The van der Waals surface area contributed by atoms with E-state index in [0.717, 1.165) is 83.8 Å². The first-order valence-corrected chi connectivity index (χ1v) is 24.3. The minimum atomic E-state index is -0.428. The summed E-state index contributed by atoms with van der Waals surface area (Å²) in [6.07, 6.45) is 37.7. The second-order valence-corrected chi connectivity index (χ2v) is 18.4. The van der Waals surface area contributed by atoms with Crippen molar-refractivity contribution in [2.24, 2.45) is 10.8 Å². The van der Waals surface area contributed by atoms with Gasteiger partial charge in [-0.1, -0.05) is 162 Å². The van der Waals surface area contributed by atoms with E-state index in [0.29, 0.717) is 6.61 Å². The highest BCUT2D eigenvalue weighted by molar-refractivity contribution is 5.76. The first-order valence-electron chi connectivity index (χ1n) is 24.3. The zero-order valence-corrected chi connectivity index (χ0v) is 38.3. The first kappa shape index (κ1) is 53.9. The molecule has 0 aromatic heterocycles. The van der Waals surface area contributed by atoms with Gasteiger partial charge in [0, 0.05) is 13.2 Å². The summed E-state index contributed by atoms with van der Waals surface area (Å²) >= 11 is 0. The quantitative estimate of drug-likeness (QED) is 0.0491. The second-order valence-electron chi connectivity index (χ2n) is 18.4. The van der Waals surface area contributed by atoms with Gasteiger partial charge in [-0.25, -0.2) is 0 Å². The molecule has 0 amide bonds. The molecule has 0 fully saturated rings. The van der Waals surface area contributed by atoms with Gasteiger partial charge in [-0.3, -0.25) is 9.59 Å². The van der Waals surface area contributed by atoms with Crippen LogP contribution in [0.25, 0.3) is 0 Å². The fraction of sp³-hybridized carbons (Fsp3) is 0.959. The van der Waals surface area contributed by atoms with Gasteiger partial charge in [-0.2, -0.15) is 0 Å². The Morgan fingerprint density at radius 2 is 0.836 bits per heavy atom. The lowest BCUT2D eigenvalue weighted by molar-refractivity contribution is -0.161. The van der Waals surface area contributed by atoms with E-state index < -0.39 is 5.41 Å². The highest BCUT2D eigenvalue weighted by Crippen LogP contribution is 2.29. The summed E-state index contributed by atoms with van der Waals surface area (Å²) in [5, 5.41) is 9.47. The van der Waals surface area contributed by atoms with Crippen LogP contribution in [-0.2, 0) is 19.1 Å². The van der Waals surface area contributed by atoms with Gasteiger partial charge in [0.2, 0.25) is 0 Å². The molecular formula is C49H97NO5. The predicted octanol–water partition coefficient (Wildman–Crippen LogP) is 14.3. The van der Waals surface area contributed by atoms with E-state index in [4.69, 9.17) is 9.47 Å². The van der Waals surface area contributed by atoms with Crippen LogP contribution in [0, 0.1) is 10.8 Å². The van der Waals surface area contributed by atoms with Crippen molar-refractivity contribution in [3.63, 3.8) is 0 Å². The van der Waals surface area contributed by atoms with E-state index in [-0.39, 0.29) is 30.1 Å². The molecule has 55 heavy (non-hydrogen) atoms. The van der Waals surface area contributed by atoms with E-state index in [1.165, 1.54) is 141 Å². The fourth-order valence-corrected chi connectivity index (χ4v) is 7.64. The lowest BCUT2D eigenvalue weighted by atomic mass is 9.86. The van der Waals surface area contributed by atoms with Crippen LogP contribution in [-0.4, -0.2) is 60.9 Å². The number of aliphatic hydroxyl groups is 1. The number of nitrogens with zero attached hydrogens (tertiary/aromatic N) is 1. The number of carbonyl (C=O) groups excluding carboxylic acids is 2. The maximum Gasteiger partial charge on any atom is 0.311 e. The monoisotopic (exact) mass is 780 g/mol. The smallest absolute Gasteiger partial charge is 0.311 e. The third-order valence-corrected chi connectivity index (χ3v) is 11.8. The lowest BCUT2D eigenvalue weighted by Gasteiger charge is -2.27. The van der Waals surface area contributed by atoms with E-state index in [1.807, 2.05) is 13.8 Å². The number of rotatable bonds is 42. The Morgan fingerprint density at radius 3 is 1.29 bits per heavy atom. The van der Waals surface area contributed by atoms with Crippen LogP contribution in [0.1, 0.15) is 254 Å². The molecule has 0 aromatic rings. The number of unbranched alkanes of at least 4 members (excludes halogenated alkanes) is 22. The number of aliphatic hydroxyl groups excluding tert-OH is 1. The van der Waals surface area contributed by atoms with Crippen molar-refractivity contribution >= 4 is 11.9 Å². The zero-order valence-electron chi connectivity index (χ0n) is 38.3. The summed E-state index contributed by atoms with van der Waals surface area (Å²) < 4.78 is 11.8. The number of hydrogen-bond acceptors (Lipinski definition) is 6. The molecule has 0 unspecified atom stereocenters. The number of hydrogen-bond donors (Lipinski definition) is 1. The van der Waals surface area contributed by atoms with Gasteiger partial charge >= 0.3 is 11.9 Å². The first-order chi connectivity index (χ1) is 26.5. The molecule has 1 N–H and O–H groups in total. The van der Waals surface area contributed by atoms with Gasteiger partial charge in [0.05, 0.1) is 17.4 Å². The average molecular weight is 780 g/mol. The maximum absolute atomic E-state index is 13.4. The van der Waals surface area contributed by atoms with Crippen molar-refractivity contribution in [2.45, 2.75) is 260 Å². The van der Waals surface area contributed by atoms with E-state index in [9.17, 15) is 14.7 Å². The van der Waals surface area contributed by atoms with Crippen LogP contribution >= 0.6 is 0 Å². The summed E-state index contributed by atoms with van der Waals surface area (Å²) in [5.41, 5.74) is -0.815. The van der Waals surface area contributed by atoms with Gasteiger partial charge in [0.15, 0.2) is 0 Å². The van der Waals surface area contributed by atoms with E-state index in [2.05, 4.69) is 39.5 Å². The standard InChI is InChI=1S/C49H97NO5/c1-8-11-14-17-21-28-36-45(37-29-22-18-15-12-9-2)55-47(53)49(6,7)39-31-24-26-33-41-50(42-35-43-51)40-32-25-20-19-23-30-38-48(4,5)46(52)54-44-34-27-16-13-10-3/h45,51H,8-44H2,1-7H3. The summed E-state index contributed by atoms with van der Waals surface area (Å²) in [4.78, 5) is 28.5. The summed E-state index contributed by atoms with van der Waals surface area (Å²) in [6.45, 7) is 19.0. The topological polar surface area (TPSA) is 76.1 Å². The predicted molar refractivity (Wildman–Crippen MR) is 237 cm³/mol. The average Bonchev–Trinajstić information content (AvgIpc) is 3.16. The molecule has 0 rings (SSSR count). The van der Waals surface area contributed by atoms with Crippen molar-refractivity contribution in [3.8, 4) is 0 Å². The molecule has 328 valence electrons. The van der Waals surface area contributed by atoms with Gasteiger partial charge in [-0.05, 0) is 105 Å². The summed E-state index contributed by atoms with van der Waals surface area (Å²) in [6, 6.07) is 0. The van der Waals surface area contributed by atoms with Crippen LogP contribution < -0.4 is 0 Å². The third-order valence-electron chi connectivity index (χ3n) is 11.8. The Kier molecular flexibility index (Phi) is 36.4. The van der Waals surface area contributed by atoms with Crippen molar-refractivity contribution in [2.75, 3.05) is 32.8 Å². The van der Waals surface area contributed by atoms with Crippen LogP contribution in [0.3, 0.4) is 0 Å². The number of carbonyl (C=O) groups is 2. The minimum absolute atomic E-state index is 0.0111. The Bertz CT molecular complexity index is 842. The molecule has 0 atom stereocenters. The highest BCUT2D eigenvalue weighted by atomic mass is 16.5. The number of ether oxygens (including phenoxy) is 2. The molecule has 6 nitrogen and oxygen atoms in total. The van der Waals surface area contributed by atoms with Crippen molar-refractivity contribution in [3.05, 3.63) is 0 Å². The van der Waals surface area contributed by atoms with Crippen LogP contribution in [0.5, 0.6) is 0 Å². The van der Waals surface area contributed by atoms with E-state index >= 15 is 0 Å². The molecule has 0 aliphatic carbocycles. The van der Waals surface area contributed by atoms with Gasteiger partial charge in [-0.15, -0.1) is 0 Å². The number of esters is 2. The molecule has 0 spiro atoms. The maximum atomic E-state index is 13.4. The molecule has 0 aliphatic rings. The zero-order chi connectivity index (χ0) is 40.9. The molecular weight excluding hydrogens is 683 g/mol. The Balaban J connectivity index is 4.36. The largest absolute Gasteiger partial charge is 0.465 e. The molecule has 0 saturated carbocycles. The SMILES string of the molecule is CCCCCCCCC(CCCCCCCC)OC(=O)C(C)(C)CCCCCCN(CCCO)CCCCCCCCC(C)(C)C(=O)OCCCCCCC. The van der Waals surface area contributed by atoms with Crippen LogP contribution in [0.4, 0.5) is 0 Å². The lowest BCUT2D eigenvalue weighted by Crippen LogP contribution is -2.31. The summed E-state index contributed by atoms with van der Waals surface area (Å²) in [7, 11) is 0. The van der Waals surface area contributed by atoms with E-state index in [1.54, 1.807) is 0 Å². The Labute approximate surface area is 343 Å². The molecule has 0 aliphatic heterocycles. The van der Waals surface area contributed by atoms with Crippen molar-refractivity contribution in [1.29, 1.82) is 0 Å². The second kappa shape index (κ2) is 37.2. The Hall–Kier alpha value is -1.14. The molecule has 0 aromatic carbocycles. The fourth-order valence-electron chi connectivity index (χ4n) is 7.64. The molecule has 0 bridgehead atoms. The highest BCUT2D eigenvalue weighted by Gasteiger charge is 2.31. The molecule has 0 heterocycles. The molecule has 0 radical (unpaired) electrons. The summed E-state index contributed by atoms with van der Waals surface area (Å²) in [5.74, 6) is -0.0205.